The Morgan fingerprint density at radius 3 is 2.75 bits per heavy atom. The molecule has 0 heterocycles. The van der Waals surface area contributed by atoms with Crippen molar-refractivity contribution in [1.29, 1.82) is 0 Å². The van der Waals surface area contributed by atoms with Gasteiger partial charge in [-0.25, -0.2) is 0 Å². The average Bonchev–Trinajstić information content (AvgIpc) is 2.02. The van der Waals surface area contributed by atoms with E-state index in [1.54, 1.807) is 0 Å². The highest BCUT2D eigenvalue weighted by Gasteiger charge is 2.07. The van der Waals surface area contributed by atoms with Gasteiger partial charge in [0.05, 0.1) is 0 Å². The van der Waals surface area contributed by atoms with Crippen LogP contribution in [0.2, 0.25) is 0 Å². The number of rotatable bonds is 7. The first kappa shape index (κ1) is 10.9. The van der Waals surface area contributed by atoms with Crippen molar-refractivity contribution in [3.63, 3.8) is 0 Å². The lowest BCUT2D eigenvalue weighted by Gasteiger charge is -2.08. The van der Waals surface area contributed by atoms with Crippen molar-refractivity contribution in [3.8, 4) is 0 Å². The second kappa shape index (κ2) is 6.64. The van der Waals surface area contributed by atoms with Crippen LogP contribution in [0.4, 0.5) is 0 Å². The fraction of sp³-hybridized carbons (Fsp3) is 0.750. The molecular weight excluding hydrogens is 158 g/mol. The van der Waals surface area contributed by atoms with Crippen LogP contribution in [0.3, 0.4) is 0 Å². The first-order valence-electron chi connectivity index (χ1n) is 4.14. The minimum Gasteiger partial charge on any atom is -0.306 e. The van der Waals surface area contributed by atoms with E-state index in [0.29, 0.717) is 6.42 Å². The van der Waals surface area contributed by atoms with E-state index in [1.165, 1.54) is 6.08 Å². The Balaban J connectivity index is 3.53. The largest absolute Gasteiger partial charge is 0.306 e. The van der Waals surface area contributed by atoms with Crippen molar-refractivity contribution in [2.75, 3.05) is 0 Å². The summed E-state index contributed by atoms with van der Waals surface area (Å²) < 4.78 is 0. The monoisotopic (exact) mass is 173 g/mol. The van der Waals surface area contributed by atoms with Crippen LogP contribution >= 0.6 is 0 Å². The minimum atomic E-state index is -0.766. The molecule has 70 valence electrons. The predicted molar refractivity (Wildman–Crippen MR) is 46.2 cm³/mol. The molecule has 0 rings (SSSR count). The molecule has 12 heavy (non-hydrogen) atoms. The summed E-state index contributed by atoms with van der Waals surface area (Å²) in [6.45, 7) is 5.54. The molecule has 4 nitrogen and oxygen atoms in total. The van der Waals surface area contributed by atoms with Gasteiger partial charge >= 0.3 is 0 Å². The molecule has 0 aromatic carbocycles. The normalized spacial score (nSPS) is 12.1. The second-order valence-corrected chi connectivity index (χ2v) is 2.60. The minimum absolute atomic E-state index is 0.438. The first-order valence-corrected chi connectivity index (χ1v) is 4.14. The zero-order valence-corrected chi connectivity index (χ0v) is 7.36. The molecule has 1 unspecified atom stereocenters. The molecule has 0 aliphatic carbocycles. The maximum Gasteiger partial charge on any atom is 0.295 e. The van der Waals surface area contributed by atoms with Gasteiger partial charge in [0.1, 0.15) is 6.10 Å². The van der Waals surface area contributed by atoms with Crippen molar-refractivity contribution in [2.24, 2.45) is 0 Å². The van der Waals surface area contributed by atoms with Gasteiger partial charge in [0, 0.05) is 0 Å². The quantitative estimate of drug-likeness (QED) is 0.257. The highest BCUT2D eigenvalue weighted by Crippen LogP contribution is 2.07. The molecule has 0 spiro atoms. The Kier molecular flexibility index (Phi) is 6.05. The van der Waals surface area contributed by atoms with Gasteiger partial charge in [-0.15, -0.1) is 16.7 Å². The van der Waals surface area contributed by atoms with Gasteiger partial charge in [0.25, 0.3) is 5.09 Å². The molecule has 0 aliphatic heterocycles. The van der Waals surface area contributed by atoms with E-state index in [1.807, 2.05) is 0 Å². The van der Waals surface area contributed by atoms with Gasteiger partial charge in [0.15, 0.2) is 0 Å². The number of unbranched alkanes of at least 4 members (excludes halogenated alkanes) is 2. The number of nitrogens with zero attached hydrogens (tertiary/aromatic N) is 1. The lowest BCUT2D eigenvalue weighted by Crippen LogP contribution is -2.14. The number of hydrogen-bond donors (Lipinski definition) is 0. The summed E-state index contributed by atoms with van der Waals surface area (Å²) in [6.07, 6.45) is 4.83. The summed E-state index contributed by atoms with van der Waals surface area (Å²) in [7, 11) is 0. The molecule has 0 radical (unpaired) electrons. The molecule has 1 atom stereocenters. The third-order valence-electron chi connectivity index (χ3n) is 1.58. The van der Waals surface area contributed by atoms with Gasteiger partial charge in [-0.3, -0.25) is 0 Å². The predicted octanol–water partition coefficient (Wildman–Crippen LogP) is 2.33. The summed E-state index contributed by atoms with van der Waals surface area (Å²) in [5, 5.41) is 9.17. The highest BCUT2D eigenvalue weighted by atomic mass is 17.0. The molecule has 0 amide bonds. The second-order valence-electron chi connectivity index (χ2n) is 2.60. The fourth-order valence-corrected chi connectivity index (χ4v) is 0.920. The van der Waals surface area contributed by atoms with Crippen molar-refractivity contribution in [2.45, 2.75) is 38.7 Å². The van der Waals surface area contributed by atoms with Crippen molar-refractivity contribution >= 4 is 0 Å². The van der Waals surface area contributed by atoms with Crippen LogP contribution < -0.4 is 0 Å². The van der Waals surface area contributed by atoms with Crippen LogP contribution in [-0.2, 0) is 4.84 Å². The topological polar surface area (TPSA) is 52.4 Å². The van der Waals surface area contributed by atoms with Crippen LogP contribution in [0.25, 0.3) is 0 Å². The van der Waals surface area contributed by atoms with Crippen LogP contribution in [0.1, 0.15) is 32.6 Å². The Morgan fingerprint density at radius 1 is 1.67 bits per heavy atom. The third kappa shape index (κ3) is 5.70. The third-order valence-corrected chi connectivity index (χ3v) is 1.58. The fourth-order valence-electron chi connectivity index (χ4n) is 0.920. The summed E-state index contributed by atoms with van der Waals surface area (Å²) in [5.41, 5.74) is 0. The molecule has 0 aliphatic rings. The average molecular weight is 173 g/mol. The lowest BCUT2D eigenvalue weighted by atomic mass is 10.1. The van der Waals surface area contributed by atoms with E-state index in [-0.39, 0.29) is 0 Å². The molecule has 0 saturated heterocycles. The molecule has 0 saturated carbocycles. The molecular formula is C8H15NO3. The van der Waals surface area contributed by atoms with E-state index < -0.39 is 11.2 Å². The van der Waals surface area contributed by atoms with Gasteiger partial charge in [-0.1, -0.05) is 32.3 Å². The molecule has 0 bridgehead atoms. The SMILES string of the molecule is C=CC(CCCCC)O[N+](=O)[O-]. The van der Waals surface area contributed by atoms with Gasteiger partial charge in [0.2, 0.25) is 0 Å². The zero-order chi connectivity index (χ0) is 9.40. The van der Waals surface area contributed by atoms with E-state index in [9.17, 15) is 10.1 Å². The van der Waals surface area contributed by atoms with Crippen LogP contribution in [0.5, 0.6) is 0 Å². The smallest absolute Gasteiger partial charge is 0.295 e. The molecule has 0 N–H and O–H groups in total. The summed E-state index contributed by atoms with van der Waals surface area (Å²) in [5.74, 6) is 0. The van der Waals surface area contributed by atoms with Crippen molar-refractivity contribution < 1.29 is 9.92 Å². The Labute approximate surface area is 72.3 Å². The van der Waals surface area contributed by atoms with Crippen LogP contribution in [-0.4, -0.2) is 11.2 Å². The lowest BCUT2D eigenvalue weighted by molar-refractivity contribution is -0.765. The molecule has 0 aromatic rings. The van der Waals surface area contributed by atoms with E-state index >= 15 is 0 Å². The van der Waals surface area contributed by atoms with E-state index in [0.717, 1.165) is 19.3 Å². The van der Waals surface area contributed by atoms with Crippen LogP contribution in [0.15, 0.2) is 12.7 Å². The molecule has 0 fully saturated rings. The standard InChI is InChI=1S/C8H15NO3/c1-3-5-6-7-8(4-2)12-9(10)11/h4,8H,2-3,5-7H2,1H3. The Bertz CT molecular complexity index is 147. The van der Waals surface area contributed by atoms with Gasteiger partial charge < -0.3 is 4.84 Å². The Hall–Kier alpha value is -1.06. The van der Waals surface area contributed by atoms with Gasteiger partial charge in [-0.2, -0.15) is 0 Å². The Morgan fingerprint density at radius 2 is 2.33 bits per heavy atom. The van der Waals surface area contributed by atoms with Crippen molar-refractivity contribution in [3.05, 3.63) is 22.8 Å². The van der Waals surface area contributed by atoms with Gasteiger partial charge in [-0.05, 0) is 6.42 Å². The molecule has 0 aromatic heterocycles. The summed E-state index contributed by atoms with van der Waals surface area (Å²) >= 11 is 0. The highest BCUT2D eigenvalue weighted by molar-refractivity contribution is 4.78. The summed E-state index contributed by atoms with van der Waals surface area (Å²) in [6, 6.07) is 0. The maximum atomic E-state index is 9.94. The number of hydrogen-bond acceptors (Lipinski definition) is 3. The first-order chi connectivity index (χ1) is 5.70. The zero-order valence-electron chi connectivity index (χ0n) is 7.36. The van der Waals surface area contributed by atoms with Crippen LogP contribution in [0, 0.1) is 10.1 Å². The van der Waals surface area contributed by atoms with Crippen molar-refractivity contribution in [1.82, 2.24) is 0 Å². The maximum absolute atomic E-state index is 9.94. The summed E-state index contributed by atoms with van der Waals surface area (Å²) in [4.78, 5) is 14.3. The van der Waals surface area contributed by atoms with E-state index in [4.69, 9.17) is 0 Å². The molecule has 4 heteroatoms. The van der Waals surface area contributed by atoms with E-state index in [2.05, 4.69) is 18.3 Å².